The molecule has 0 fully saturated rings. The van der Waals surface area contributed by atoms with Crippen molar-refractivity contribution in [2.45, 2.75) is 40.5 Å². The van der Waals surface area contributed by atoms with E-state index in [1.807, 2.05) is 53.4 Å². The van der Waals surface area contributed by atoms with Gasteiger partial charge in [0.25, 0.3) is 5.91 Å². The Morgan fingerprint density at radius 2 is 1.79 bits per heavy atom. The van der Waals surface area contributed by atoms with Crippen LogP contribution >= 0.6 is 0 Å². The quantitative estimate of drug-likeness (QED) is 0.397. The van der Waals surface area contributed by atoms with Crippen LogP contribution in [0.5, 0.6) is 11.5 Å². The monoisotopic (exact) mass is 450 g/mol. The minimum absolute atomic E-state index is 0.0259. The molecule has 0 radical (unpaired) electrons. The highest BCUT2D eigenvalue weighted by molar-refractivity contribution is 6.35. The first kappa shape index (κ1) is 24.8. The highest BCUT2D eigenvalue weighted by atomic mass is 16.5. The van der Waals surface area contributed by atoms with Gasteiger partial charge in [-0.3, -0.25) is 14.6 Å². The Kier molecular flexibility index (Phi) is 8.56. The first-order chi connectivity index (χ1) is 15.9. The molecule has 0 saturated carbocycles. The molecular weight excluding hydrogens is 412 g/mol. The molecule has 0 N–H and O–H groups in total. The molecule has 0 bridgehead atoms. The highest BCUT2D eigenvalue weighted by Crippen LogP contribution is 2.39. The lowest BCUT2D eigenvalue weighted by molar-refractivity contribution is -0.113. The Balaban J connectivity index is 1.96. The van der Waals surface area contributed by atoms with E-state index in [-0.39, 0.29) is 5.91 Å². The smallest absolute Gasteiger partial charge is 0.260 e. The molecule has 0 aromatic heterocycles. The fraction of sp³-hybridized carbons (Fsp3) is 0.464. The normalized spacial score (nSPS) is 15.5. The number of methoxy groups -OCH3 is 2. The van der Waals surface area contributed by atoms with Crippen LogP contribution in [0, 0.1) is 11.8 Å². The van der Waals surface area contributed by atoms with Gasteiger partial charge in [-0.15, -0.1) is 0 Å². The van der Waals surface area contributed by atoms with E-state index in [1.165, 1.54) is 12.8 Å². The van der Waals surface area contributed by atoms with E-state index in [2.05, 4.69) is 32.6 Å². The predicted octanol–water partition coefficient (Wildman–Crippen LogP) is 5.94. The summed E-state index contributed by atoms with van der Waals surface area (Å²) < 4.78 is 10.9. The average Bonchev–Trinajstić information content (AvgIpc) is 3.04. The molecule has 33 heavy (non-hydrogen) atoms. The van der Waals surface area contributed by atoms with Crippen molar-refractivity contribution in [3.8, 4) is 11.5 Å². The lowest BCUT2D eigenvalue weighted by Crippen LogP contribution is -2.43. The zero-order chi connectivity index (χ0) is 24.0. The van der Waals surface area contributed by atoms with Crippen molar-refractivity contribution in [3.63, 3.8) is 0 Å². The van der Waals surface area contributed by atoms with Crippen molar-refractivity contribution in [2.75, 3.05) is 38.9 Å². The van der Waals surface area contributed by atoms with E-state index in [0.717, 1.165) is 35.7 Å². The Labute approximate surface area is 199 Å². The van der Waals surface area contributed by atoms with Gasteiger partial charge >= 0.3 is 0 Å². The number of amides is 1. The lowest BCUT2D eigenvalue weighted by Gasteiger charge is -2.31. The van der Waals surface area contributed by atoms with Gasteiger partial charge in [0.1, 0.15) is 11.5 Å². The van der Waals surface area contributed by atoms with Crippen LogP contribution in [-0.4, -0.2) is 44.8 Å². The minimum atomic E-state index is 0.0259. The van der Waals surface area contributed by atoms with E-state index in [9.17, 15) is 4.79 Å². The van der Waals surface area contributed by atoms with Gasteiger partial charge in [-0.1, -0.05) is 52.3 Å². The summed E-state index contributed by atoms with van der Waals surface area (Å²) in [7, 11) is 3.28. The third-order valence-electron chi connectivity index (χ3n) is 6.01. The zero-order valence-corrected chi connectivity index (χ0v) is 20.9. The number of anilines is 1. The van der Waals surface area contributed by atoms with Crippen LogP contribution < -0.4 is 14.4 Å². The lowest BCUT2D eigenvalue weighted by atomic mass is 10.0. The van der Waals surface area contributed by atoms with E-state index < -0.39 is 0 Å². The first-order valence-electron chi connectivity index (χ1n) is 11.9. The van der Waals surface area contributed by atoms with Crippen molar-refractivity contribution < 1.29 is 14.3 Å². The van der Waals surface area contributed by atoms with E-state index in [0.29, 0.717) is 29.8 Å². The van der Waals surface area contributed by atoms with Crippen molar-refractivity contribution in [1.29, 1.82) is 0 Å². The summed E-state index contributed by atoms with van der Waals surface area (Å²) in [5, 5.41) is 0. The van der Waals surface area contributed by atoms with Crippen LogP contribution in [0.3, 0.4) is 0 Å². The maximum absolute atomic E-state index is 13.7. The largest absolute Gasteiger partial charge is 0.497 e. The highest BCUT2D eigenvalue weighted by Gasteiger charge is 2.33. The molecule has 0 aliphatic carbocycles. The number of hydrogen-bond donors (Lipinski definition) is 0. The molecule has 3 rings (SSSR count). The molecule has 1 heterocycles. The number of ether oxygens (including phenoxy) is 2. The van der Waals surface area contributed by atoms with Gasteiger partial charge < -0.3 is 9.47 Å². The van der Waals surface area contributed by atoms with Gasteiger partial charge in [0.15, 0.2) is 0 Å². The fourth-order valence-electron chi connectivity index (χ4n) is 4.63. The Bertz CT molecular complexity index is 983. The van der Waals surface area contributed by atoms with Crippen molar-refractivity contribution in [3.05, 3.63) is 53.6 Å². The van der Waals surface area contributed by atoms with Gasteiger partial charge in [0, 0.05) is 29.8 Å². The number of para-hydroxylation sites is 1. The predicted molar refractivity (Wildman–Crippen MR) is 137 cm³/mol. The number of carbonyl (C=O) groups is 1. The van der Waals surface area contributed by atoms with Crippen molar-refractivity contribution in [2.24, 2.45) is 11.8 Å². The van der Waals surface area contributed by atoms with Gasteiger partial charge in [0.2, 0.25) is 0 Å². The number of hydrogen-bond acceptors (Lipinski definition) is 4. The van der Waals surface area contributed by atoms with Crippen LogP contribution in [-0.2, 0) is 4.79 Å². The molecule has 2 aromatic rings. The summed E-state index contributed by atoms with van der Waals surface area (Å²) in [6.07, 6.45) is 4.30. The van der Waals surface area contributed by atoms with Gasteiger partial charge in [-0.2, -0.15) is 0 Å². The summed E-state index contributed by atoms with van der Waals surface area (Å²) in [5.41, 5.74) is 3.43. The van der Waals surface area contributed by atoms with Gasteiger partial charge in [-0.05, 0) is 48.6 Å². The number of rotatable bonds is 11. The molecule has 1 atom stereocenters. The molecule has 1 amide bonds. The molecule has 5 nitrogen and oxygen atoms in total. The van der Waals surface area contributed by atoms with Crippen molar-refractivity contribution in [1.82, 2.24) is 4.90 Å². The molecule has 1 unspecified atom stereocenters. The number of nitrogens with zero attached hydrogens (tertiary/aromatic N) is 2. The molecule has 1 aliphatic heterocycles. The Morgan fingerprint density at radius 1 is 1.03 bits per heavy atom. The van der Waals surface area contributed by atoms with Crippen LogP contribution in [0.2, 0.25) is 0 Å². The summed E-state index contributed by atoms with van der Waals surface area (Å²) in [4.78, 5) is 18.1. The number of carbonyl (C=O) groups excluding carboxylic acids is 1. The molecule has 0 saturated heterocycles. The van der Waals surface area contributed by atoms with Crippen LogP contribution in [0.25, 0.3) is 11.6 Å². The topological polar surface area (TPSA) is 42.0 Å². The Morgan fingerprint density at radius 3 is 2.45 bits per heavy atom. The summed E-state index contributed by atoms with van der Waals surface area (Å²) >= 11 is 0. The van der Waals surface area contributed by atoms with Gasteiger partial charge in [-0.25, -0.2) is 0 Å². The second kappa shape index (κ2) is 11.4. The number of benzene rings is 2. The number of fused-ring (bicyclic) bond motifs is 1. The third-order valence-corrected chi connectivity index (χ3v) is 6.01. The van der Waals surface area contributed by atoms with E-state index in [4.69, 9.17) is 9.47 Å². The first-order valence-corrected chi connectivity index (χ1v) is 11.9. The molecule has 178 valence electrons. The molecular formula is C28H38N2O3. The average molecular weight is 451 g/mol. The molecule has 0 spiro atoms. The summed E-state index contributed by atoms with van der Waals surface area (Å²) in [5.74, 6) is 2.59. The van der Waals surface area contributed by atoms with Crippen molar-refractivity contribution >= 4 is 23.2 Å². The van der Waals surface area contributed by atoms with Crippen LogP contribution in [0.4, 0.5) is 5.69 Å². The second-order valence-electron chi connectivity index (χ2n) is 9.38. The zero-order valence-electron chi connectivity index (χ0n) is 20.9. The maximum Gasteiger partial charge on any atom is 0.260 e. The summed E-state index contributed by atoms with van der Waals surface area (Å²) in [6, 6.07) is 13.7. The minimum Gasteiger partial charge on any atom is -0.497 e. The molecule has 5 heteroatoms. The van der Waals surface area contributed by atoms with E-state index >= 15 is 0 Å². The second-order valence-corrected chi connectivity index (χ2v) is 9.38. The molecule has 1 aliphatic rings. The van der Waals surface area contributed by atoms with Crippen LogP contribution in [0.1, 0.15) is 51.7 Å². The molecule has 2 aromatic carbocycles. The standard InChI is InChI=1S/C28H38N2O3/c1-7-10-21(4)18-29(17-20(2)3)19-30-26-12-9-8-11-24(26)25(28(30)31)16-22-15-23(32-5)13-14-27(22)33-6/h8-9,11-16,20-21H,7,10,17-19H2,1-6H3/b25-16+. The van der Waals surface area contributed by atoms with E-state index in [1.54, 1.807) is 14.2 Å². The third kappa shape index (κ3) is 5.97. The van der Waals surface area contributed by atoms with Gasteiger partial charge in [0.05, 0.1) is 26.6 Å². The summed E-state index contributed by atoms with van der Waals surface area (Å²) in [6.45, 7) is 11.5. The Hall–Kier alpha value is -2.79. The maximum atomic E-state index is 13.7. The SMILES string of the molecule is CCCC(C)CN(CC(C)C)CN1C(=O)/C(=C/c2cc(OC)ccc2OC)c2ccccc21. The fourth-order valence-corrected chi connectivity index (χ4v) is 4.63. The van der Waals surface area contributed by atoms with Crippen LogP contribution in [0.15, 0.2) is 42.5 Å².